The first-order valence-electron chi connectivity index (χ1n) is 12.3. The third-order valence-electron chi connectivity index (χ3n) is 6.35. The molecule has 0 saturated heterocycles. The van der Waals surface area contributed by atoms with Crippen LogP contribution in [0.3, 0.4) is 0 Å². The first-order valence-corrected chi connectivity index (χ1v) is 12.3. The van der Waals surface area contributed by atoms with Gasteiger partial charge in [-0.2, -0.15) is 18.2 Å². The Labute approximate surface area is 221 Å². The molecule has 1 aromatic carbocycles. The lowest BCUT2D eigenvalue weighted by Crippen LogP contribution is -2.33. The Kier molecular flexibility index (Phi) is 7.88. The number of pyridine rings is 1. The van der Waals surface area contributed by atoms with E-state index in [0.717, 1.165) is 6.20 Å². The predicted molar refractivity (Wildman–Crippen MR) is 140 cm³/mol. The van der Waals surface area contributed by atoms with E-state index in [4.69, 9.17) is 0 Å². The summed E-state index contributed by atoms with van der Waals surface area (Å²) < 4.78 is 42.6. The number of aliphatic carboxylic acids is 1. The summed E-state index contributed by atoms with van der Waals surface area (Å²) in [5.74, 6) is -1.23. The number of aromatic nitrogens is 5. The molecule has 0 amide bonds. The van der Waals surface area contributed by atoms with E-state index < -0.39 is 24.6 Å². The van der Waals surface area contributed by atoms with Crippen LogP contribution in [-0.2, 0) is 24.7 Å². The quantitative estimate of drug-likeness (QED) is 0.312. The van der Waals surface area contributed by atoms with Crippen molar-refractivity contribution < 1.29 is 23.1 Å². The van der Waals surface area contributed by atoms with Gasteiger partial charge >= 0.3 is 17.8 Å². The predicted octanol–water partition coefficient (Wildman–Crippen LogP) is 3.57. The van der Waals surface area contributed by atoms with E-state index in [2.05, 4.69) is 20.3 Å². The molecular formula is C26H28F3N7O3. The van der Waals surface area contributed by atoms with Gasteiger partial charge in [-0.1, -0.05) is 12.1 Å². The number of nitrogens with one attached hydrogen (secondary N) is 1. The lowest BCUT2D eigenvalue weighted by Gasteiger charge is -2.22. The first-order chi connectivity index (χ1) is 18.5. The molecule has 1 atom stereocenters. The number of hydrogen-bond acceptors (Lipinski definition) is 7. The summed E-state index contributed by atoms with van der Waals surface area (Å²) in [5, 5.41) is 12.6. The maximum Gasteiger partial charge on any atom is 0.393 e. The number of hydrogen-bond donors (Lipinski definition) is 2. The topological polar surface area (TPSA) is 118 Å². The SMILES string of the molecule is CCN(CC)c1ncc(CC(F)(F)F)c(N[C@@H](Cc2ccc(-n3c(=O)n(C)c4cccnc43)cc2)C(=O)O)n1. The minimum Gasteiger partial charge on any atom is -0.480 e. The van der Waals surface area contributed by atoms with Crippen molar-refractivity contribution in [3.8, 4) is 5.69 Å². The second-order valence-electron chi connectivity index (χ2n) is 8.94. The van der Waals surface area contributed by atoms with E-state index >= 15 is 0 Å². The van der Waals surface area contributed by atoms with Gasteiger partial charge in [-0.15, -0.1) is 0 Å². The summed E-state index contributed by atoms with van der Waals surface area (Å²) in [6.07, 6.45) is -3.21. The molecule has 3 heterocycles. The zero-order valence-electron chi connectivity index (χ0n) is 21.6. The van der Waals surface area contributed by atoms with Crippen LogP contribution in [0.2, 0.25) is 0 Å². The van der Waals surface area contributed by atoms with Crippen LogP contribution < -0.4 is 15.9 Å². The standard InChI is InChI=1S/C26H28F3N7O3/c1-4-35(5-2)24-31-15-17(14-26(27,28)29)21(33-24)32-19(23(37)38)13-16-8-10-18(11-9-16)36-22-20(7-6-12-30-22)34(3)25(36)39/h6-12,15,19H,4-5,13-14H2,1-3H3,(H,37,38)(H,31,32,33)/t19-/m0/s1. The summed E-state index contributed by atoms with van der Waals surface area (Å²) in [7, 11) is 1.65. The van der Waals surface area contributed by atoms with Crippen molar-refractivity contribution in [3.63, 3.8) is 0 Å². The average Bonchev–Trinajstić information content (AvgIpc) is 3.15. The number of anilines is 2. The number of aryl methyl sites for hydroxylation is 1. The van der Waals surface area contributed by atoms with Crippen molar-refractivity contribution in [1.82, 2.24) is 24.1 Å². The molecule has 0 radical (unpaired) electrons. The highest BCUT2D eigenvalue weighted by Crippen LogP contribution is 2.27. The second kappa shape index (κ2) is 11.1. The lowest BCUT2D eigenvalue weighted by molar-refractivity contribution is -0.137. The van der Waals surface area contributed by atoms with E-state index in [9.17, 15) is 27.9 Å². The summed E-state index contributed by atoms with van der Waals surface area (Å²) in [4.78, 5) is 39.3. The highest BCUT2D eigenvalue weighted by Gasteiger charge is 2.31. The van der Waals surface area contributed by atoms with Crippen molar-refractivity contribution >= 4 is 28.9 Å². The summed E-state index contributed by atoms with van der Waals surface area (Å²) in [5.41, 5.74) is 1.74. The maximum absolute atomic E-state index is 13.2. The number of benzene rings is 1. The number of carbonyl (C=O) groups is 1. The Morgan fingerprint density at radius 2 is 1.82 bits per heavy atom. The molecule has 0 aliphatic heterocycles. The first kappa shape index (κ1) is 27.6. The molecule has 0 aliphatic rings. The van der Waals surface area contributed by atoms with Gasteiger partial charge in [0, 0.05) is 44.5 Å². The fourth-order valence-corrected chi connectivity index (χ4v) is 4.31. The highest BCUT2D eigenvalue weighted by molar-refractivity contribution is 5.78. The monoisotopic (exact) mass is 543 g/mol. The average molecular weight is 544 g/mol. The highest BCUT2D eigenvalue weighted by atomic mass is 19.4. The van der Waals surface area contributed by atoms with Crippen LogP contribution in [0.1, 0.15) is 25.0 Å². The fraction of sp³-hybridized carbons (Fsp3) is 0.346. The third-order valence-corrected chi connectivity index (χ3v) is 6.35. The molecule has 3 aromatic heterocycles. The van der Waals surface area contributed by atoms with Crippen molar-refractivity contribution in [2.75, 3.05) is 23.3 Å². The van der Waals surface area contributed by atoms with Gasteiger partial charge in [0.15, 0.2) is 5.65 Å². The van der Waals surface area contributed by atoms with Crippen LogP contribution in [0.15, 0.2) is 53.6 Å². The molecule has 39 heavy (non-hydrogen) atoms. The normalized spacial score (nSPS) is 12.5. The van der Waals surface area contributed by atoms with E-state index in [1.165, 1.54) is 9.13 Å². The molecule has 0 fully saturated rings. The Hall–Kier alpha value is -4.42. The van der Waals surface area contributed by atoms with Gasteiger partial charge in [-0.05, 0) is 43.7 Å². The number of rotatable bonds is 10. The molecule has 0 bridgehead atoms. The van der Waals surface area contributed by atoms with Crippen molar-refractivity contribution in [1.29, 1.82) is 0 Å². The number of carboxylic acid groups (broad SMARTS) is 1. The Morgan fingerprint density at radius 3 is 2.44 bits per heavy atom. The zero-order valence-corrected chi connectivity index (χ0v) is 21.6. The summed E-state index contributed by atoms with van der Waals surface area (Å²) in [6, 6.07) is 8.91. The molecule has 0 saturated carbocycles. The Balaban J connectivity index is 1.62. The van der Waals surface area contributed by atoms with Crippen molar-refractivity contribution in [2.45, 2.75) is 38.9 Å². The molecule has 2 N–H and O–H groups in total. The number of alkyl halides is 3. The number of imidazole rings is 1. The van der Waals surface area contributed by atoms with Gasteiger partial charge in [-0.3, -0.25) is 4.57 Å². The van der Waals surface area contributed by atoms with Gasteiger partial charge in [0.2, 0.25) is 5.95 Å². The molecule has 4 aromatic rings. The number of fused-ring (bicyclic) bond motifs is 1. The molecule has 0 unspecified atom stereocenters. The second-order valence-corrected chi connectivity index (χ2v) is 8.94. The maximum atomic E-state index is 13.2. The molecule has 0 aliphatic carbocycles. The molecule has 13 heteroatoms. The number of halogens is 3. The van der Waals surface area contributed by atoms with Gasteiger partial charge in [0.05, 0.1) is 17.6 Å². The van der Waals surface area contributed by atoms with Crippen LogP contribution in [0.5, 0.6) is 0 Å². The van der Waals surface area contributed by atoms with Crippen molar-refractivity contribution in [2.24, 2.45) is 7.05 Å². The van der Waals surface area contributed by atoms with Gasteiger partial charge in [-0.25, -0.2) is 24.1 Å². The minimum atomic E-state index is -4.53. The molecular weight excluding hydrogens is 515 g/mol. The molecule has 206 valence electrons. The van der Waals surface area contributed by atoms with Gasteiger partial charge < -0.3 is 15.3 Å². The molecule has 0 spiro atoms. The third kappa shape index (κ3) is 6.02. The largest absolute Gasteiger partial charge is 0.480 e. The lowest BCUT2D eigenvalue weighted by atomic mass is 10.0. The molecule has 4 rings (SSSR count). The van der Waals surface area contributed by atoms with Crippen LogP contribution >= 0.6 is 0 Å². The van der Waals surface area contributed by atoms with Crippen LogP contribution in [0.4, 0.5) is 24.9 Å². The van der Waals surface area contributed by atoms with Gasteiger partial charge in [0.25, 0.3) is 0 Å². The number of carboxylic acids is 1. The summed E-state index contributed by atoms with van der Waals surface area (Å²) in [6.45, 7) is 4.77. The minimum absolute atomic E-state index is 0.0473. The van der Waals surface area contributed by atoms with E-state index in [1.807, 2.05) is 13.8 Å². The van der Waals surface area contributed by atoms with Gasteiger partial charge in [0.1, 0.15) is 11.9 Å². The summed E-state index contributed by atoms with van der Waals surface area (Å²) >= 11 is 0. The van der Waals surface area contributed by atoms with Crippen molar-refractivity contribution in [3.05, 3.63) is 70.4 Å². The van der Waals surface area contributed by atoms with Crippen LogP contribution in [0, 0.1) is 0 Å². The zero-order chi connectivity index (χ0) is 28.3. The van der Waals surface area contributed by atoms with Crippen LogP contribution in [-0.4, -0.2) is 60.5 Å². The Bertz CT molecular complexity index is 1530. The fourth-order valence-electron chi connectivity index (χ4n) is 4.31. The molecule has 10 nitrogen and oxygen atoms in total. The van der Waals surface area contributed by atoms with E-state index in [-0.39, 0.29) is 29.4 Å². The smallest absolute Gasteiger partial charge is 0.393 e. The van der Waals surface area contributed by atoms with E-state index in [1.54, 1.807) is 54.5 Å². The van der Waals surface area contributed by atoms with Crippen LogP contribution in [0.25, 0.3) is 16.9 Å². The number of nitrogens with zero attached hydrogens (tertiary/aromatic N) is 6. The Morgan fingerprint density at radius 1 is 1.13 bits per heavy atom. The van der Waals surface area contributed by atoms with E-state index in [0.29, 0.717) is 35.5 Å².